The van der Waals surface area contributed by atoms with Crippen LogP contribution in [-0.2, 0) is 32.6 Å². The van der Waals surface area contributed by atoms with Crippen molar-refractivity contribution in [3.8, 4) is 56.5 Å². The molecule has 0 saturated heterocycles. The molecule has 2 heterocycles. The molecule has 0 unspecified atom stereocenters. The fraction of sp³-hybridized carbons (Fsp3) is 0.388. The quantitative estimate of drug-likeness (QED) is 0.0344. The van der Waals surface area contributed by atoms with Crippen LogP contribution in [0.15, 0.2) is 146 Å². The number of hydrogen-bond acceptors (Lipinski definition) is 11. The second-order valence-corrected chi connectivity index (χ2v) is 22.3. The number of carbonyl (C=O) groups excluding carboxylic acids is 2. The Morgan fingerprint density at radius 2 is 0.912 bits per heavy atom. The molecule has 0 radical (unpaired) electrons. The number of esters is 1. The molecule has 4 N–H and O–H groups in total. The summed E-state index contributed by atoms with van der Waals surface area (Å²) in [6, 6.07) is 36.7. The SMILES string of the molecule is CCCCCCCOc1ccc(-c2cnc(-c3ccc(C[C@H](N)C(=O)OC(C)(C)C)cc3)nc2)cc1.CCCCCCCOc1ccc(-c2cnc(-c3ccc(C[C@H](NC(=O)c4ccc(C(C)(C)C)cc4)C(=O)O)cc3)nc2)cc1. The first kappa shape index (κ1) is 61.4. The largest absolute Gasteiger partial charge is 0.494 e. The summed E-state index contributed by atoms with van der Waals surface area (Å²) in [6.45, 7) is 17.7. The van der Waals surface area contributed by atoms with Gasteiger partial charge in [0.25, 0.3) is 5.91 Å². The van der Waals surface area contributed by atoms with Crippen LogP contribution in [0, 0.1) is 0 Å². The molecule has 7 rings (SSSR count). The summed E-state index contributed by atoms with van der Waals surface area (Å²) in [6.07, 6.45) is 20.0. The average Bonchev–Trinajstić information content (AvgIpc) is 3.46. The summed E-state index contributed by atoms with van der Waals surface area (Å²) in [5, 5.41) is 12.4. The number of aliphatic carboxylic acids is 1. The van der Waals surface area contributed by atoms with Gasteiger partial charge in [0.2, 0.25) is 0 Å². The molecule has 422 valence electrons. The summed E-state index contributed by atoms with van der Waals surface area (Å²) in [5.41, 5.74) is 14.3. The van der Waals surface area contributed by atoms with Crippen LogP contribution in [0.25, 0.3) is 45.0 Å². The van der Waals surface area contributed by atoms with Crippen molar-refractivity contribution in [3.05, 3.63) is 168 Å². The van der Waals surface area contributed by atoms with Crippen molar-refractivity contribution in [1.29, 1.82) is 0 Å². The Balaban J connectivity index is 0.000000263. The highest BCUT2D eigenvalue weighted by Gasteiger charge is 2.24. The highest BCUT2D eigenvalue weighted by molar-refractivity contribution is 5.96. The molecule has 0 aliphatic carbocycles. The van der Waals surface area contributed by atoms with Crippen molar-refractivity contribution in [3.63, 3.8) is 0 Å². The Morgan fingerprint density at radius 3 is 1.30 bits per heavy atom. The topological polar surface area (TPSA) is 189 Å². The van der Waals surface area contributed by atoms with E-state index in [1.807, 2.05) is 142 Å². The van der Waals surface area contributed by atoms with Gasteiger partial charge in [-0.3, -0.25) is 9.59 Å². The molecule has 80 heavy (non-hydrogen) atoms. The standard InChI is InChI=1S/C37H43N3O4.C30H39N3O3/c1-5-6-7-8-9-22-44-32-20-16-27(17-21-32)30-24-38-34(39-25-30)28-12-10-26(11-13-28)23-33(36(42)43)40-35(41)29-14-18-31(19-15-29)37(2,3)4;1-5-6-7-8-9-18-35-26-16-14-23(15-17-26)25-20-32-28(33-21-25)24-12-10-22(11-13-24)19-27(31)29(34)36-30(2,3)4/h10-21,24-25,33H,5-9,22-23H2,1-4H3,(H,40,41)(H,42,43);10-17,20-21,27H,5-9,18-19,31H2,1-4H3/t33-;27-/m00/s1. The van der Waals surface area contributed by atoms with E-state index >= 15 is 0 Å². The van der Waals surface area contributed by atoms with Crippen LogP contribution >= 0.6 is 0 Å². The molecule has 13 nitrogen and oxygen atoms in total. The Labute approximate surface area is 474 Å². The summed E-state index contributed by atoms with van der Waals surface area (Å²) >= 11 is 0. The Morgan fingerprint density at radius 1 is 0.512 bits per heavy atom. The van der Waals surface area contributed by atoms with E-state index in [0.29, 0.717) is 23.6 Å². The van der Waals surface area contributed by atoms with E-state index in [2.05, 4.69) is 59.9 Å². The zero-order valence-electron chi connectivity index (χ0n) is 48.2. The molecular formula is C67H82N6O7. The Bertz CT molecular complexity index is 2970. The molecule has 5 aromatic carbocycles. The van der Waals surface area contributed by atoms with Crippen LogP contribution < -0.4 is 20.5 Å². The number of carboxylic acids is 1. The number of unbranched alkanes of at least 4 members (excludes halogenated alkanes) is 8. The zero-order chi connectivity index (χ0) is 57.5. The molecular weight excluding hydrogens is 1000 g/mol. The molecule has 13 heteroatoms. The molecule has 2 atom stereocenters. The van der Waals surface area contributed by atoms with E-state index in [1.165, 1.54) is 51.4 Å². The van der Waals surface area contributed by atoms with Crippen molar-refractivity contribution in [1.82, 2.24) is 25.3 Å². The van der Waals surface area contributed by atoms with Gasteiger partial charge in [0.1, 0.15) is 29.2 Å². The van der Waals surface area contributed by atoms with Gasteiger partial charge in [-0.25, -0.2) is 24.7 Å². The van der Waals surface area contributed by atoms with Gasteiger partial charge in [0.05, 0.1) is 13.2 Å². The number of hydrogen-bond donors (Lipinski definition) is 3. The van der Waals surface area contributed by atoms with Crippen LogP contribution in [0.1, 0.15) is 147 Å². The molecule has 7 aromatic rings. The maximum absolute atomic E-state index is 12.8. The molecule has 0 spiro atoms. The third-order valence-corrected chi connectivity index (χ3v) is 13.4. The fourth-order valence-electron chi connectivity index (χ4n) is 8.62. The molecule has 0 fully saturated rings. The number of carbonyl (C=O) groups is 3. The van der Waals surface area contributed by atoms with Crippen molar-refractivity contribution in [2.75, 3.05) is 13.2 Å². The molecule has 2 aromatic heterocycles. The highest BCUT2D eigenvalue weighted by Crippen LogP contribution is 2.27. The van der Waals surface area contributed by atoms with Crippen LogP contribution in [0.2, 0.25) is 0 Å². The summed E-state index contributed by atoms with van der Waals surface area (Å²) in [7, 11) is 0. The lowest BCUT2D eigenvalue weighted by molar-refractivity contribution is -0.156. The number of aromatic nitrogens is 4. The minimum absolute atomic E-state index is 0.0352. The van der Waals surface area contributed by atoms with Crippen molar-refractivity contribution in [2.24, 2.45) is 5.73 Å². The molecule has 0 aliphatic rings. The van der Waals surface area contributed by atoms with Gasteiger partial charge in [-0.05, 0) is 110 Å². The Kier molecular flexibility index (Phi) is 23.5. The van der Waals surface area contributed by atoms with Crippen molar-refractivity contribution >= 4 is 17.8 Å². The zero-order valence-corrected chi connectivity index (χ0v) is 48.2. The lowest BCUT2D eigenvalue weighted by Crippen LogP contribution is -2.42. The van der Waals surface area contributed by atoms with Gasteiger partial charge >= 0.3 is 11.9 Å². The van der Waals surface area contributed by atoms with Crippen molar-refractivity contribution < 1.29 is 33.7 Å². The van der Waals surface area contributed by atoms with E-state index in [-0.39, 0.29) is 11.8 Å². The minimum Gasteiger partial charge on any atom is -0.494 e. The van der Waals surface area contributed by atoms with Gasteiger partial charge in [0.15, 0.2) is 11.6 Å². The van der Waals surface area contributed by atoms with Crippen LogP contribution in [0.4, 0.5) is 0 Å². The lowest BCUT2D eigenvalue weighted by Gasteiger charge is -2.22. The van der Waals surface area contributed by atoms with Crippen LogP contribution in [-0.4, -0.2) is 73.8 Å². The number of amides is 1. The summed E-state index contributed by atoms with van der Waals surface area (Å²) < 4.78 is 17.1. The van der Waals surface area contributed by atoms with E-state index < -0.39 is 35.5 Å². The lowest BCUT2D eigenvalue weighted by atomic mass is 9.86. The van der Waals surface area contributed by atoms with E-state index in [9.17, 15) is 19.5 Å². The third kappa shape index (κ3) is 20.2. The molecule has 0 bridgehead atoms. The second-order valence-electron chi connectivity index (χ2n) is 22.3. The normalized spacial score (nSPS) is 12.1. The minimum atomic E-state index is -1.09. The van der Waals surface area contributed by atoms with Gasteiger partial charge in [0, 0.05) is 59.0 Å². The van der Waals surface area contributed by atoms with E-state index in [1.54, 1.807) is 24.5 Å². The smallest absolute Gasteiger partial charge is 0.326 e. The van der Waals surface area contributed by atoms with Gasteiger partial charge in [-0.15, -0.1) is 0 Å². The number of benzene rings is 5. The number of nitrogens with one attached hydrogen (secondary N) is 1. The molecule has 0 aliphatic heterocycles. The summed E-state index contributed by atoms with van der Waals surface area (Å²) in [4.78, 5) is 55.1. The van der Waals surface area contributed by atoms with Gasteiger partial charge < -0.3 is 30.4 Å². The molecule has 1 amide bonds. The van der Waals surface area contributed by atoms with Crippen LogP contribution in [0.3, 0.4) is 0 Å². The number of rotatable bonds is 26. The predicted molar refractivity (Wildman–Crippen MR) is 320 cm³/mol. The number of nitrogens with zero attached hydrogens (tertiary/aromatic N) is 4. The highest BCUT2D eigenvalue weighted by atomic mass is 16.6. The second kappa shape index (κ2) is 30.6. The Hall–Kier alpha value is -7.77. The monoisotopic (exact) mass is 1080 g/mol. The third-order valence-electron chi connectivity index (χ3n) is 13.4. The van der Waals surface area contributed by atoms with E-state index in [0.717, 1.165) is 87.6 Å². The van der Waals surface area contributed by atoms with Gasteiger partial charge in [-0.1, -0.05) is 171 Å². The first-order valence-electron chi connectivity index (χ1n) is 28.3. The maximum atomic E-state index is 12.8. The predicted octanol–water partition coefficient (Wildman–Crippen LogP) is 14.3. The van der Waals surface area contributed by atoms with E-state index in [4.69, 9.17) is 19.9 Å². The fourth-order valence-corrected chi connectivity index (χ4v) is 8.62. The van der Waals surface area contributed by atoms with Crippen molar-refractivity contribution in [2.45, 2.75) is 156 Å². The number of nitrogens with two attached hydrogens (primary N) is 1. The first-order valence-corrected chi connectivity index (χ1v) is 28.3. The number of carboxylic acid groups (broad SMARTS) is 1. The first-order chi connectivity index (χ1) is 38.4. The van der Waals surface area contributed by atoms with Crippen LogP contribution in [0.5, 0.6) is 11.5 Å². The molecule has 0 saturated carbocycles. The number of ether oxygens (including phenoxy) is 3. The average molecular weight is 1080 g/mol. The summed E-state index contributed by atoms with van der Waals surface area (Å²) in [5.74, 6) is 1.07. The maximum Gasteiger partial charge on any atom is 0.326 e. The van der Waals surface area contributed by atoms with Gasteiger partial charge in [-0.2, -0.15) is 0 Å².